The topological polar surface area (TPSA) is 0 Å². The van der Waals surface area contributed by atoms with Crippen LogP contribution in [0.25, 0.3) is 0 Å². The molecule has 1 rings (SSSR count). The molecule has 3 atom stereocenters. The van der Waals surface area contributed by atoms with Gasteiger partial charge in [-0.25, -0.2) is 0 Å². The molecule has 0 aromatic rings. The van der Waals surface area contributed by atoms with Gasteiger partial charge in [-0.05, 0) is 34.7 Å². The molecular formula is C15H30BrP. The standard InChI is InChI=1S/C15H30BrP/c1-11(12-9-8-10-13(12)16)17(14(2,3)4)15(5,6)7/h11-13H,8-10H2,1-7H3/t11-,12?,13?/m1/s1. The molecule has 0 saturated heterocycles. The van der Waals surface area contributed by atoms with Crippen LogP contribution in [0.1, 0.15) is 67.7 Å². The van der Waals surface area contributed by atoms with E-state index in [4.69, 9.17) is 0 Å². The van der Waals surface area contributed by atoms with Crippen molar-refractivity contribution in [3.8, 4) is 0 Å². The first-order chi connectivity index (χ1) is 7.55. The first-order valence-electron chi connectivity index (χ1n) is 6.98. The summed E-state index contributed by atoms with van der Waals surface area (Å²) >= 11 is 3.92. The molecule has 1 saturated carbocycles. The van der Waals surface area contributed by atoms with Gasteiger partial charge in [-0.3, -0.25) is 0 Å². The lowest BCUT2D eigenvalue weighted by Gasteiger charge is -2.47. The second kappa shape index (κ2) is 5.49. The minimum absolute atomic E-state index is 0.0284. The number of hydrogen-bond acceptors (Lipinski definition) is 0. The minimum Gasteiger partial charge on any atom is -0.0924 e. The molecule has 0 amide bonds. The molecule has 1 aliphatic carbocycles. The van der Waals surface area contributed by atoms with Gasteiger partial charge in [-0.15, -0.1) is 0 Å². The smallest absolute Gasteiger partial charge is 0.0180 e. The van der Waals surface area contributed by atoms with Gasteiger partial charge in [0.05, 0.1) is 0 Å². The molecule has 1 fully saturated rings. The molecule has 2 unspecified atom stereocenters. The van der Waals surface area contributed by atoms with Crippen molar-refractivity contribution in [1.82, 2.24) is 0 Å². The zero-order valence-corrected chi connectivity index (χ0v) is 15.2. The van der Waals surface area contributed by atoms with Crippen molar-refractivity contribution in [2.45, 2.75) is 88.5 Å². The maximum Gasteiger partial charge on any atom is 0.0180 e. The number of alkyl halides is 1. The van der Waals surface area contributed by atoms with Crippen LogP contribution in [-0.2, 0) is 0 Å². The Morgan fingerprint density at radius 1 is 1.00 bits per heavy atom. The van der Waals surface area contributed by atoms with Crippen LogP contribution in [0.5, 0.6) is 0 Å². The van der Waals surface area contributed by atoms with E-state index in [-0.39, 0.29) is 7.92 Å². The Bertz CT molecular complexity index is 235. The van der Waals surface area contributed by atoms with Crippen molar-refractivity contribution >= 4 is 23.9 Å². The van der Waals surface area contributed by atoms with Crippen LogP contribution in [0.4, 0.5) is 0 Å². The Hall–Kier alpha value is 0.910. The van der Waals surface area contributed by atoms with E-state index >= 15 is 0 Å². The van der Waals surface area contributed by atoms with Gasteiger partial charge in [0.2, 0.25) is 0 Å². The van der Waals surface area contributed by atoms with Crippen LogP contribution in [0.3, 0.4) is 0 Å². The molecule has 17 heavy (non-hydrogen) atoms. The molecule has 102 valence electrons. The summed E-state index contributed by atoms with van der Waals surface area (Å²) < 4.78 is 0. The average Bonchev–Trinajstić information content (AvgIpc) is 2.45. The van der Waals surface area contributed by atoms with Gasteiger partial charge < -0.3 is 0 Å². The van der Waals surface area contributed by atoms with E-state index in [9.17, 15) is 0 Å². The maximum atomic E-state index is 3.92. The van der Waals surface area contributed by atoms with Gasteiger partial charge >= 0.3 is 0 Å². The summed E-state index contributed by atoms with van der Waals surface area (Å²) in [6.07, 6.45) is 4.23. The summed E-state index contributed by atoms with van der Waals surface area (Å²) in [6.45, 7) is 17.2. The zero-order valence-electron chi connectivity index (χ0n) is 12.7. The molecule has 0 spiro atoms. The highest BCUT2D eigenvalue weighted by Gasteiger charge is 2.43. The fraction of sp³-hybridized carbons (Fsp3) is 1.00. The van der Waals surface area contributed by atoms with Crippen LogP contribution in [-0.4, -0.2) is 20.8 Å². The summed E-state index contributed by atoms with van der Waals surface area (Å²) in [7, 11) is 0.0284. The van der Waals surface area contributed by atoms with Crippen LogP contribution < -0.4 is 0 Å². The van der Waals surface area contributed by atoms with Crippen molar-refractivity contribution in [2.24, 2.45) is 5.92 Å². The average molecular weight is 321 g/mol. The van der Waals surface area contributed by atoms with Gasteiger partial charge in [0.15, 0.2) is 0 Å². The first kappa shape index (κ1) is 16.0. The van der Waals surface area contributed by atoms with E-state index in [1.165, 1.54) is 19.3 Å². The van der Waals surface area contributed by atoms with Crippen LogP contribution in [0.15, 0.2) is 0 Å². The van der Waals surface area contributed by atoms with E-state index < -0.39 is 0 Å². The van der Waals surface area contributed by atoms with E-state index in [0.717, 1.165) is 16.4 Å². The fourth-order valence-corrected chi connectivity index (χ4v) is 10.4. The van der Waals surface area contributed by atoms with Gasteiger partial charge in [0.1, 0.15) is 0 Å². The van der Waals surface area contributed by atoms with E-state index in [0.29, 0.717) is 10.3 Å². The Balaban J connectivity index is 2.91. The number of hydrogen-bond donors (Lipinski definition) is 0. The van der Waals surface area contributed by atoms with E-state index in [1.807, 2.05) is 0 Å². The Morgan fingerprint density at radius 2 is 1.47 bits per heavy atom. The van der Waals surface area contributed by atoms with Crippen LogP contribution in [0, 0.1) is 5.92 Å². The molecule has 0 heterocycles. The van der Waals surface area contributed by atoms with Gasteiger partial charge in [-0.1, -0.05) is 78.7 Å². The quantitative estimate of drug-likeness (QED) is 0.431. The zero-order chi connectivity index (χ0) is 13.4. The molecule has 0 radical (unpaired) electrons. The molecule has 2 heteroatoms. The molecule has 1 aliphatic rings. The lowest BCUT2D eigenvalue weighted by atomic mass is 10.1. The normalized spacial score (nSPS) is 28.8. The molecule has 0 N–H and O–H groups in total. The third-order valence-electron chi connectivity index (χ3n) is 3.95. The van der Waals surface area contributed by atoms with Gasteiger partial charge in [-0.2, -0.15) is 0 Å². The summed E-state index contributed by atoms with van der Waals surface area (Å²) in [5.74, 6) is 0.902. The summed E-state index contributed by atoms with van der Waals surface area (Å²) in [6, 6.07) is 0. The van der Waals surface area contributed by atoms with Crippen molar-refractivity contribution in [3.63, 3.8) is 0 Å². The third-order valence-corrected chi connectivity index (χ3v) is 9.18. The van der Waals surface area contributed by atoms with Crippen molar-refractivity contribution < 1.29 is 0 Å². The van der Waals surface area contributed by atoms with Gasteiger partial charge in [0.25, 0.3) is 0 Å². The van der Waals surface area contributed by atoms with E-state index in [1.54, 1.807) is 0 Å². The lowest BCUT2D eigenvalue weighted by Crippen LogP contribution is -2.35. The molecule has 0 aromatic carbocycles. The van der Waals surface area contributed by atoms with Gasteiger partial charge in [0, 0.05) is 4.83 Å². The largest absolute Gasteiger partial charge is 0.0924 e. The second-order valence-electron chi connectivity index (χ2n) is 7.56. The Labute approximate surface area is 118 Å². The molecule has 0 nitrogen and oxygen atoms in total. The molecule has 0 aromatic heterocycles. The second-order valence-corrected chi connectivity index (χ2v) is 13.0. The van der Waals surface area contributed by atoms with E-state index in [2.05, 4.69) is 64.4 Å². The lowest BCUT2D eigenvalue weighted by molar-refractivity contribution is 0.533. The maximum absolute atomic E-state index is 3.92. The highest BCUT2D eigenvalue weighted by molar-refractivity contribution is 9.09. The van der Waals surface area contributed by atoms with Crippen LogP contribution >= 0.6 is 23.9 Å². The number of halogens is 1. The molecular weight excluding hydrogens is 291 g/mol. The summed E-state index contributed by atoms with van der Waals surface area (Å²) in [5.41, 5.74) is 0.872. The Morgan fingerprint density at radius 3 is 1.76 bits per heavy atom. The SMILES string of the molecule is C[C@H](C1CCCC1Br)P(C(C)(C)C)C(C)(C)C. The minimum atomic E-state index is 0.0284. The predicted molar refractivity (Wildman–Crippen MR) is 85.9 cm³/mol. The molecule has 0 aliphatic heterocycles. The first-order valence-corrected chi connectivity index (χ1v) is 9.31. The van der Waals surface area contributed by atoms with Crippen molar-refractivity contribution in [3.05, 3.63) is 0 Å². The highest BCUT2D eigenvalue weighted by Crippen LogP contribution is 2.65. The summed E-state index contributed by atoms with van der Waals surface area (Å²) in [5, 5.41) is 0.921. The predicted octanol–water partition coefficient (Wildman–Crippen LogP) is 6.02. The van der Waals surface area contributed by atoms with Crippen molar-refractivity contribution in [2.75, 3.05) is 0 Å². The monoisotopic (exact) mass is 320 g/mol. The van der Waals surface area contributed by atoms with Crippen molar-refractivity contribution in [1.29, 1.82) is 0 Å². The highest BCUT2D eigenvalue weighted by atomic mass is 79.9. The Kier molecular flexibility index (Phi) is 5.16. The number of rotatable bonds is 2. The third kappa shape index (κ3) is 3.93. The fourth-order valence-electron chi connectivity index (χ4n) is 3.91. The van der Waals surface area contributed by atoms with Crippen LogP contribution in [0.2, 0.25) is 0 Å². The summed E-state index contributed by atoms with van der Waals surface area (Å²) in [4.78, 5) is 0.771. The molecule has 0 bridgehead atoms.